The quantitative estimate of drug-likeness (QED) is 0.0655. The molecule has 12 aromatic rings. The van der Waals surface area contributed by atoms with Crippen molar-refractivity contribution >= 4 is 17.9 Å². The second-order valence-electron chi connectivity index (χ2n) is 25.2. The molecule has 12 heteroatoms. The molecular formula is C108H72O12. The molecule has 0 spiro atoms. The van der Waals surface area contributed by atoms with Crippen LogP contribution in [0.25, 0.3) is 0 Å². The van der Waals surface area contributed by atoms with Crippen LogP contribution >= 0.6 is 0 Å². The third-order valence-electron chi connectivity index (χ3n) is 16.1. The van der Waals surface area contributed by atoms with Crippen LogP contribution in [-0.4, -0.2) is 59.1 Å². The Morgan fingerprint density at radius 1 is 0.200 bits per heavy atom. The number of esters is 3. The summed E-state index contributed by atoms with van der Waals surface area (Å²) in [6, 6.07) is 83.5. The first-order valence-electron chi connectivity index (χ1n) is 36.9. The molecule has 0 aliphatic carbocycles. The van der Waals surface area contributed by atoms with Crippen LogP contribution in [0.5, 0.6) is 51.7 Å². The summed E-state index contributed by atoms with van der Waals surface area (Å²) in [6.45, 7) is 4.70. The van der Waals surface area contributed by atoms with Gasteiger partial charge in [-0.15, -0.1) is 19.3 Å². The van der Waals surface area contributed by atoms with Crippen molar-refractivity contribution in [1.29, 1.82) is 0 Å². The van der Waals surface area contributed by atoms with E-state index in [-0.39, 0.29) is 37.7 Å². The Morgan fingerprint density at radius 3 is 0.450 bits per heavy atom. The Labute approximate surface area is 701 Å². The topological polar surface area (TPSA) is 134 Å². The van der Waals surface area contributed by atoms with Gasteiger partial charge in [-0.05, 0) is 273 Å². The minimum atomic E-state index is -0.388. The van der Waals surface area contributed by atoms with E-state index in [0.29, 0.717) is 51.2 Å². The molecule has 0 unspecified atom stereocenters. The predicted molar refractivity (Wildman–Crippen MR) is 468 cm³/mol. The highest BCUT2D eigenvalue weighted by Gasteiger charge is 2.07. The van der Waals surface area contributed by atoms with Gasteiger partial charge in [-0.3, -0.25) is 14.4 Å². The lowest BCUT2D eigenvalue weighted by Crippen LogP contribution is -2.00. The third-order valence-corrected chi connectivity index (χ3v) is 16.1. The van der Waals surface area contributed by atoms with Gasteiger partial charge >= 0.3 is 17.9 Å². The van der Waals surface area contributed by atoms with Gasteiger partial charge in [0, 0.05) is 121 Å². The lowest BCUT2D eigenvalue weighted by Gasteiger charge is -2.01. The summed E-state index contributed by atoms with van der Waals surface area (Å²) in [6.07, 6.45) is 15.8. The maximum Gasteiger partial charge on any atom is 0.308 e. The molecule has 0 amide bonds. The molecule has 0 aliphatic heterocycles. The van der Waals surface area contributed by atoms with Crippen molar-refractivity contribution in [3.8, 4) is 195 Å². The molecule has 0 bridgehead atoms. The summed E-state index contributed by atoms with van der Waals surface area (Å²) >= 11 is 0. The molecule has 0 saturated carbocycles. The monoisotopic (exact) mass is 1560 g/mol. The molecule has 0 heterocycles. The summed E-state index contributed by atoms with van der Waals surface area (Å²) in [5, 5.41) is 0. The van der Waals surface area contributed by atoms with Crippen molar-refractivity contribution in [3.05, 3.63) is 373 Å². The summed E-state index contributed by atoms with van der Waals surface area (Å²) in [4.78, 5) is 33.5. The van der Waals surface area contributed by atoms with E-state index in [4.69, 9.17) is 61.9 Å². The van der Waals surface area contributed by atoms with E-state index in [1.165, 1.54) is 20.8 Å². The van der Waals surface area contributed by atoms with Crippen molar-refractivity contribution in [3.63, 3.8) is 0 Å². The van der Waals surface area contributed by atoms with E-state index >= 15 is 0 Å². The lowest BCUT2D eigenvalue weighted by molar-refractivity contribution is -0.132. The van der Waals surface area contributed by atoms with Crippen LogP contribution in [0, 0.1) is 144 Å². The van der Waals surface area contributed by atoms with Crippen LogP contribution in [0.1, 0.15) is 121 Å². The second kappa shape index (κ2) is 45.3. The molecule has 0 fully saturated rings. The Bertz CT molecular complexity index is 5760. The molecule has 0 N–H and O–H groups in total. The average Bonchev–Trinajstić information content (AvgIpc) is 0.843. The van der Waals surface area contributed by atoms with Gasteiger partial charge in [0.15, 0.2) is 0 Å². The Kier molecular flexibility index (Phi) is 32.1. The fourth-order valence-electron chi connectivity index (χ4n) is 10.4. The van der Waals surface area contributed by atoms with Gasteiger partial charge in [0.05, 0.1) is 21.3 Å². The van der Waals surface area contributed by atoms with E-state index in [0.717, 1.165) is 101 Å². The average molecular weight is 1560 g/mol. The van der Waals surface area contributed by atoms with Crippen LogP contribution in [0.15, 0.2) is 273 Å². The van der Waals surface area contributed by atoms with Gasteiger partial charge in [-0.2, -0.15) is 0 Å². The second-order valence-corrected chi connectivity index (χ2v) is 25.2. The van der Waals surface area contributed by atoms with Crippen LogP contribution in [0.3, 0.4) is 0 Å². The SMILES string of the molecule is C#CCOc1ccc(C#Cc2cc(C#Cc3ccc(OCC#C)cc3)cc(C#Cc3ccc(OCC#C)cc3)c2)cc1.CC(=O)Oc1ccc(C#Cc2cc(C#Cc3ccc(OC(C)=O)cc3)cc(C#Cc3ccc(OC(C)=O)cc3)c2)cc1.COc1ccc(C#Cc2cc(C#Cc3ccc(OC)cc3)cc(C#Cc3ccc(OC)cc3)c2)cc1. The van der Waals surface area contributed by atoms with Crippen molar-refractivity contribution in [2.45, 2.75) is 20.8 Å². The van der Waals surface area contributed by atoms with Crippen LogP contribution < -0.4 is 42.6 Å². The molecule has 0 aliphatic rings. The van der Waals surface area contributed by atoms with Crippen molar-refractivity contribution in [2.75, 3.05) is 41.2 Å². The first-order valence-corrected chi connectivity index (χ1v) is 36.9. The first kappa shape index (κ1) is 85.0. The Hall–Kier alpha value is -17.4. The Morgan fingerprint density at radius 2 is 0.325 bits per heavy atom. The van der Waals surface area contributed by atoms with Gasteiger partial charge in [0.25, 0.3) is 0 Å². The maximum atomic E-state index is 11.2. The minimum Gasteiger partial charge on any atom is -0.497 e. The van der Waals surface area contributed by atoms with Crippen LogP contribution in [0.2, 0.25) is 0 Å². The zero-order valence-electron chi connectivity index (χ0n) is 66.2. The number of methoxy groups -OCH3 is 3. The summed E-state index contributed by atoms with van der Waals surface area (Å²) in [5.74, 6) is 69.5. The molecule has 0 radical (unpaired) electrons. The predicted octanol–water partition coefficient (Wildman–Crippen LogP) is 17.5. The third kappa shape index (κ3) is 29.6. The Balaban J connectivity index is 0.000000190. The number of hydrogen-bond donors (Lipinski definition) is 0. The number of carbonyl (C=O) groups excluding carboxylic acids is 3. The fraction of sp³-hybridized carbons (Fsp3) is 0.0833. The highest BCUT2D eigenvalue weighted by atomic mass is 16.5. The van der Waals surface area contributed by atoms with Gasteiger partial charge in [-0.25, -0.2) is 0 Å². The summed E-state index contributed by atoms with van der Waals surface area (Å²) in [5.41, 5.74) is 14.5. The van der Waals surface area contributed by atoms with Gasteiger partial charge < -0.3 is 42.6 Å². The number of hydrogen-bond acceptors (Lipinski definition) is 12. The number of rotatable bonds is 12. The number of benzene rings is 12. The molecule has 0 aromatic heterocycles. The smallest absolute Gasteiger partial charge is 0.308 e. The number of ether oxygens (including phenoxy) is 9. The van der Waals surface area contributed by atoms with Crippen LogP contribution in [-0.2, 0) is 14.4 Å². The standard InChI is InChI=1S/C39H24O3.C36H24O6.C33H24O3/c1-4-25-40-37-19-13-31(14-20-37)7-10-34-28-35(11-8-32-15-21-38(22-16-32)41-26-5-2)30-36(29-34)12-9-33-17-23-39(24-18-33)42-27-6-3;1-25(37)40-34-16-10-28(11-17-34)4-7-31-22-32(8-5-29-12-18-35(19-13-29)41-26(2)38)24-33(23-31)9-6-30-14-20-36(21-15-30)42-27(3)39;1-34-31-16-10-25(11-17-31)4-7-28-22-29(8-5-26-12-18-32(35-2)19-13-26)24-30(23-28)9-6-27-14-20-33(36-3)21-15-27/h1-3,13-24,28-30H,25-27H2;10-24H,1-3H3;10-24H,1-3H3. The largest absolute Gasteiger partial charge is 0.497 e. The van der Waals surface area contributed by atoms with Crippen molar-refractivity contribution in [1.82, 2.24) is 0 Å². The van der Waals surface area contributed by atoms with E-state index < -0.39 is 0 Å². The summed E-state index contributed by atoms with van der Waals surface area (Å²) < 4.78 is 47.2. The van der Waals surface area contributed by atoms with Crippen molar-refractivity contribution < 1.29 is 57.0 Å². The van der Waals surface area contributed by atoms with E-state index in [1.54, 1.807) is 94.1 Å². The highest BCUT2D eigenvalue weighted by Crippen LogP contribution is 2.22. The zero-order valence-corrected chi connectivity index (χ0v) is 66.2. The first-order chi connectivity index (χ1) is 58.5. The number of terminal acetylenes is 3. The molecule has 12 nitrogen and oxygen atoms in total. The number of carbonyl (C=O) groups is 3. The van der Waals surface area contributed by atoms with Gasteiger partial charge in [-0.1, -0.05) is 124 Å². The summed E-state index contributed by atoms with van der Waals surface area (Å²) in [7, 11) is 4.94. The fourth-order valence-corrected chi connectivity index (χ4v) is 10.4. The minimum absolute atomic E-state index is 0.218. The molecule has 0 saturated heterocycles. The normalized spacial score (nSPS) is 9.32. The maximum absolute atomic E-state index is 11.2. The highest BCUT2D eigenvalue weighted by molar-refractivity contribution is 5.71. The van der Waals surface area contributed by atoms with E-state index in [2.05, 4.69) is 124 Å². The van der Waals surface area contributed by atoms with E-state index in [1.807, 2.05) is 200 Å². The molecule has 120 heavy (non-hydrogen) atoms. The lowest BCUT2D eigenvalue weighted by atomic mass is 10.0. The molecule has 12 aromatic carbocycles. The van der Waals surface area contributed by atoms with Gasteiger partial charge in [0.2, 0.25) is 0 Å². The van der Waals surface area contributed by atoms with Gasteiger partial charge in [0.1, 0.15) is 71.6 Å². The van der Waals surface area contributed by atoms with Crippen molar-refractivity contribution in [2.24, 2.45) is 0 Å². The molecule has 12 rings (SSSR count). The zero-order chi connectivity index (χ0) is 84.5. The van der Waals surface area contributed by atoms with E-state index in [9.17, 15) is 14.4 Å². The molecule has 576 valence electrons. The van der Waals surface area contributed by atoms with Crippen LogP contribution in [0.4, 0.5) is 0 Å². The molecular weight excluding hydrogens is 1490 g/mol. The molecule has 0 atom stereocenters.